The SMILES string of the molecule is O=C1NN(c2ccc(F)cc2)C(=O)/C1=C\c1ccc(O)c([N+](=O)[O-])c1. The zero-order valence-electron chi connectivity index (χ0n) is 12.5. The summed E-state index contributed by atoms with van der Waals surface area (Å²) in [5.74, 6) is -2.41. The number of phenols is 1. The normalized spacial score (nSPS) is 15.6. The molecule has 2 aromatic rings. The van der Waals surface area contributed by atoms with E-state index in [9.17, 15) is 29.2 Å². The molecule has 9 heteroatoms. The molecule has 0 unspecified atom stereocenters. The first-order valence-electron chi connectivity index (χ1n) is 6.97. The first-order chi connectivity index (χ1) is 11.9. The number of halogens is 1. The van der Waals surface area contributed by atoms with E-state index in [0.717, 1.165) is 29.3 Å². The molecule has 2 aromatic carbocycles. The molecular formula is C16H10FN3O5. The van der Waals surface area contributed by atoms with E-state index in [0.29, 0.717) is 0 Å². The summed E-state index contributed by atoms with van der Waals surface area (Å²) >= 11 is 0. The Bertz CT molecular complexity index is 924. The molecule has 0 aromatic heterocycles. The molecule has 0 bridgehead atoms. The number of hydrogen-bond donors (Lipinski definition) is 2. The van der Waals surface area contributed by atoms with E-state index in [1.807, 2.05) is 0 Å². The molecule has 3 rings (SSSR count). The first kappa shape index (κ1) is 16.1. The Morgan fingerprint density at radius 3 is 2.48 bits per heavy atom. The summed E-state index contributed by atoms with van der Waals surface area (Å²) in [5, 5.41) is 21.2. The van der Waals surface area contributed by atoms with Gasteiger partial charge in [0.25, 0.3) is 11.8 Å². The number of carbonyl (C=O) groups excluding carboxylic acids is 2. The Kier molecular flexibility index (Phi) is 3.89. The summed E-state index contributed by atoms with van der Waals surface area (Å²) in [6.45, 7) is 0. The van der Waals surface area contributed by atoms with Crippen molar-refractivity contribution in [3.05, 3.63) is 69.5 Å². The van der Waals surface area contributed by atoms with E-state index >= 15 is 0 Å². The van der Waals surface area contributed by atoms with Crippen LogP contribution >= 0.6 is 0 Å². The topological polar surface area (TPSA) is 113 Å². The van der Waals surface area contributed by atoms with Crippen LogP contribution in [0, 0.1) is 15.9 Å². The highest BCUT2D eigenvalue weighted by Crippen LogP contribution is 2.28. The van der Waals surface area contributed by atoms with Crippen LogP contribution in [0.5, 0.6) is 5.75 Å². The molecule has 2 amide bonds. The Morgan fingerprint density at radius 2 is 1.84 bits per heavy atom. The van der Waals surface area contributed by atoms with Crippen molar-refractivity contribution < 1.29 is 24.0 Å². The van der Waals surface area contributed by atoms with Gasteiger partial charge in [0.05, 0.1) is 10.6 Å². The minimum Gasteiger partial charge on any atom is -0.502 e. The fourth-order valence-corrected chi connectivity index (χ4v) is 2.27. The molecule has 1 fully saturated rings. The number of nitro benzene ring substituents is 1. The number of anilines is 1. The second-order valence-electron chi connectivity index (χ2n) is 5.12. The minimum absolute atomic E-state index is 0.198. The van der Waals surface area contributed by atoms with E-state index in [-0.39, 0.29) is 16.8 Å². The summed E-state index contributed by atoms with van der Waals surface area (Å²) in [5.41, 5.74) is 2.00. The number of nitrogens with one attached hydrogen (secondary N) is 1. The highest BCUT2D eigenvalue weighted by Gasteiger charge is 2.34. The van der Waals surface area contributed by atoms with Gasteiger partial charge in [0.2, 0.25) is 0 Å². The van der Waals surface area contributed by atoms with Crippen molar-refractivity contribution in [2.45, 2.75) is 0 Å². The zero-order valence-corrected chi connectivity index (χ0v) is 12.5. The largest absolute Gasteiger partial charge is 0.502 e. The highest BCUT2D eigenvalue weighted by atomic mass is 19.1. The monoisotopic (exact) mass is 343 g/mol. The van der Waals surface area contributed by atoms with Gasteiger partial charge in [-0.15, -0.1) is 0 Å². The van der Waals surface area contributed by atoms with Gasteiger partial charge in [0, 0.05) is 6.07 Å². The fourth-order valence-electron chi connectivity index (χ4n) is 2.27. The summed E-state index contributed by atoms with van der Waals surface area (Å²) in [7, 11) is 0. The van der Waals surface area contributed by atoms with Crippen molar-refractivity contribution in [2.75, 3.05) is 5.01 Å². The lowest BCUT2D eigenvalue weighted by molar-refractivity contribution is -0.385. The molecular weight excluding hydrogens is 333 g/mol. The number of benzene rings is 2. The fraction of sp³-hybridized carbons (Fsp3) is 0. The number of carbonyl (C=O) groups is 2. The van der Waals surface area contributed by atoms with Crippen LogP contribution in [0.3, 0.4) is 0 Å². The van der Waals surface area contributed by atoms with Crippen LogP contribution < -0.4 is 10.4 Å². The number of rotatable bonds is 3. The molecule has 126 valence electrons. The molecule has 0 saturated carbocycles. The van der Waals surface area contributed by atoms with E-state index in [4.69, 9.17) is 0 Å². The van der Waals surface area contributed by atoms with Gasteiger partial charge in [-0.05, 0) is 42.0 Å². The number of amides is 2. The maximum Gasteiger partial charge on any atom is 0.311 e. The molecule has 0 atom stereocenters. The molecule has 1 saturated heterocycles. The van der Waals surface area contributed by atoms with Gasteiger partial charge in [0.15, 0.2) is 5.75 Å². The van der Waals surface area contributed by atoms with Crippen LogP contribution in [0.2, 0.25) is 0 Å². The van der Waals surface area contributed by atoms with E-state index in [1.54, 1.807) is 0 Å². The van der Waals surface area contributed by atoms with Crippen molar-refractivity contribution in [3.63, 3.8) is 0 Å². The van der Waals surface area contributed by atoms with Crippen molar-refractivity contribution in [1.82, 2.24) is 5.43 Å². The predicted octanol–water partition coefficient (Wildman–Crippen LogP) is 1.90. The zero-order chi connectivity index (χ0) is 18.1. The van der Waals surface area contributed by atoms with E-state index < -0.39 is 34.0 Å². The van der Waals surface area contributed by atoms with Crippen LogP contribution in [0.15, 0.2) is 48.0 Å². The molecule has 1 heterocycles. The van der Waals surface area contributed by atoms with Crippen LogP contribution in [-0.4, -0.2) is 21.8 Å². The van der Waals surface area contributed by atoms with Gasteiger partial charge in [-0.1, -0.05) is 6.07 Å². The van der Waals surface area contributed by atoms with E-state index in [1.165, 1.54) is 24.3 Å². The molecule has 0 spiro atoms. The van der Waals surface area contributed by atoms with Gasteiger partial charge in [0.1, 0.15) is 11.4 Å². The lowest BCUT2D eigenvalue weighted by Crippen LogP contribution is -2.35. The number of hydrogen-bond acceptors (Lipinski definition) is 5. The van der Waals surface area contributed by atoms with Crippen LogP contribution in [0.1, 0.15) is 5.56 Å². The standard InChI is InChI=1S/C16H10FN3O5/c17-10-2-4-11(5-3-10)19-16(23)12(15(22)18-19)7-9-1-6-14(21)13(8-9)20(24)25/h1-8,21H,(H,18,22)/b12-7-. The third-order valence-electron chi connectivity index (χ3n) is 3.48. The van der Waals surface area contributed by atoms with Gasteiger partial charge in [-0.3, -0.25) is 25.1 Å². The summed E-state index contributed by atoms with van der Waals surface area (Å²) in [6.07, 6.45) is 1.17. The quantitative estimate of drug-likeness (QED) is 0.382. The average Bonchev–Trinajstić information content (AvgIpc) is 2.85. The molecule has 2 N–H and O–H groups in total. The van der Waals surface area contributed by atoms with Gasteiger partial charge in [-0.25, -0.2) is 9.40 Å². The minimum atomic E-state index is -0.779. The molecule has 8 nitrogen and oxygen atoms in total. The number of hydrazine groups is 1. The number of aromatic hydroxyl groups is 1. The number of nitrogens with zero attached hydrogens (tertiary/aromatic N) is 2. The number of phenolic OH excluding ortho intramolecular Hbond substituents is 1. The molecule has 0 radical (unpaired) electrons. The van der Waals surface area contributed by atoms with Crippen LogP contribution in [-0.2, 0) is 9.59 Å². The van der Waals surface area contributed by atoms with Gasteiger partial charge >= 0.3 is 5.69 Å². The van der Waals surface area contributed by atoms with Crippen LogP contribution in [0.4, 0.5) is 15.8 Å². The summed E-state index contributed by atoms with van der Waals surface area (Å²) in [6, 6.07) is 8.39. The second kappa shape index (κ2) is 6.04. The highest BCUT2D eigenvalue weighted by molar-refractivity contribution is 6.31. The third kappa shape index (κ3) is 3.02. The third-order valence-corrected chi connectivity index (χ3v) is 3.48. The molecule has 25 heavy (non-hydrogen) atoms. The lowest BCUT2D eigenvalue weighted by Gasteiger charge is -2.14. The Labute approximate surface area is 139 Å². The molecule has 1 aliphatic rings. The smallest absolute Gasteiger partial charge is 0.311 e. The Hall–Kier alpha value is -3.75. The van der Waals surface area contributed by atoms with Crippen molar-refractivity contribution in [2.24, 2.45) is 0 Å². The predicted molar refractivity (Wildman–Crippen MR) is 84.8 cm³/mol. The molecule has 0 aliphatic carbocycles. The summed E-state index contributed by atoms with van der Waals surface area (Å²) < 4.78 is 13.0. The lowest BCUT2D eigenvalue weighted by atomic mass is 10.1. The van der Waals surface area contributed by atoms with Crippen LogP contribution in [0.25, 0.3) is 6.08 Å². The average molecular weight is 343 g/mol. The van der Waals surface area contributed by atoms with Gasteiger partial charge in [-0.2, -0.15) is 0 Å². The number of nitro groups is 1. The maximum absolute atomic E-state index is 13.0. The summed E-state index contributed by atoms with van der Waals surface area (Å²) in [4.78, 5) is 34.5. The molecule has 1 aliphatic heterocycles. The second-order valence-corrected chi connectivity index (χ2v) is 5.12. The van der Waals surface area contributed by atoms with Crippen molar-refractivity contribution >= 4 is 29.3 Å². The van der Waals surface area contributed by atoms with Crippen molar-refractivity contribution in [1.29, 1.82) is 0 Å². The van der Waals surface area contributed by atoms with Crippen molar-refractivity contribution in [3.8, 4) is 5.75 Å². The van der Waals surface area contributed by atoms with E-state index in [2.05, 4.69) is 5.43 Å². The maximum atomic E-state index is 13.0. The Morgan fingerprint density at radius 1 is 1.16 bits per heavy atom. The Balaban J connectivity index is 1.95. The van der Waals surface area contributed by atoms with Gasteiger partial charge < -0.3 is 5.11 Å². The first-order valence-corrected chi connectivity index (χ1v) is 6.97.